The Morgan fingerprint density at radius 2 is 0.926 bits per heavy atom. The van der Waals surface area contributed by atoms with Crippen LogP contribution in [0.3, 0.4) is 0 Å². The van der Waals surface area contributed by atoms with Gasteiger partial charge < -0.3 is 8.41 Å². The van der Waals surface area contributed by atoms with E-state index < -0.39 is 31.9 Å². The van der Waals surface area contributed by atoms with Crippen molar-refractivity contribution in [3.05, 3.63) is 60.7 Å². The average molecular weight is 433 g/mol. The molecule has 0 heterocycles. The Kier molecular flexibility index (Phi) is 6.65. The van der Waals surface area contributed by atoms with Crippen LogP contribution in [-0.4, -0.2) is 28.7 Å². The molecule has 6 heteroatoms. The highest BCUT2D eigenvalue weighted by Gasteiger charge is 2.46. The van der Waals surface area contributed by atoms with Crippen LogP contribution in [0.25, 0.3) is 0 Å². The molecule has 0 radical (unpaired) electrons. The largest absolute Gasteiger partial charge is 0.318 e. The van der Waals surface area contributed by atoms with Crippen LogP contribution in [0, 0.1) is 0 Å². The molecule has 0 fully saturated rings. The van der Waals surface area contributed by atoms with Crippen molar-refractivity contribution in [3.63, 3.8) is 0 Å². The molecule has 0 atom stereocenters. The summed E-state index contributed by atoms with van der Waals surface area (Å²) in [4.78, 5) is 0. The number of nitrogens with zero attached hydrogens (tertiary/aromatic N) is 2. The minimum atomic E-state index is -2.03. The maximum absolute atomic E-state index is 5.86. The fourth-order valence-corrected chi connectivity index (χ4v) is 28.0. The molecule has 0 amide bonds. The van der Waals surface area contributed by atoms with Crippen molar-refractivity contribution in [3.8, 4) is 0 Å². The third kappa shape index (κ3) is 5.21. The van der Waals surface area contributed by atoms with E-state index in [0.29, 0.717) is 0 Å². The number of benzene rings is 2. The maximum atomic E-state index is 5.86. The second kappa shape index (κ2) is 7.96. The second-order valence-corrected chi connectivity index (χ2v) is 28.8. The summed E-state index contributed by atoms with van der Waals surface area (Å²) < 4.78 is 8.86. The van der Waals surface area contributed by atoms with Gasteiger partial charge in [0.05, 0.1) is 7.21 Å². The van der Waals surface area contributed by atoms with E-state index in [1.54, 1.807) is 0 Å². The first-order chi connectivity index (χ1) is 12.3. The highest BCUT2D eigenvalue weighted by Crippen LogP contribution is 2.57. The highest BCUT2D eigenvalue weighted by atomic mass is 31.2. The Morgan fingerprint density at radius 3 is 1.19 bits per heavy atom. The molecular formula is C21H37N2PSi3. The van der Waals surface area contributed by atoms with Gasteiger partial charge in [0.15, 0.2) is 8.24 Å². The predicted molar refractivity (Wildman–Crippen MR) is 133 cm³/mol. The monoisotopic (exact) mass is 432 g/mol. The van der Waals surface area contributed by atoms with Crippen molar-refractivity contribution in [2.75, 3.05) is 0 Å². The first-order valence-corrected chi connectivity index (χ1v) is 21.9. The van der Waals surface area contributed by atoms with Crippen molar-refractivity contribution in [2.45, 2.75) is 58.9 Å². The highest BCUT2D eigenvalue weighted by molar-refractivity contribution is 7.82. The third-order valence-electron chi connectivity index (χ3n) is 4.24. The quantitative estimate of drug-likeness (QED) is 0.373. The second-order valence-electron chi connectivity index (χ2n) is 10.2. The molecule has 2 rings (SSSR count). The van der Waals surface area contributed by atoms with E-state index in [-0.39, 0.29) is 0 Å². The van der Waals surface area contributed by atoms with Crippen LogP contribution in [0.15, 0.2) is 65.1 Å². The molecule has 2 aromatic rings. The summed E-state index contributed by atoms with van der Waals surface area (Å²) in [5, 5.41) is 2.84. The number of hydrogen-bond donors (Lipinski definition) is 0. The van der Waals surface area contributed by atoms with Crippen molar-refractivity contribution in [1.29, 1.82) is 0 Å². The molecule has 2 aromatic carbocycles. The molecule has 0 saturated carbocycles. The molecule has 0 bridgehead atoms. The van der Waals surface area contributed by atoms with Gasteiger partial charge in [0, 0.05) is 10.6 Å². The van der Waals surface area contributed by atoms with Crippen LogP contribution in [-0.2, 0) is 0 Å². The molecule has 148 valence electrons. The fraction of sp³-hybridized carbons (Fsp3) is 0.429. The molecule has 0 aromatic heterocycles. The number of hydrogen-bond acceptors (Lipinski definition) is 1. The standard InChI is InChI=1S/C21H37N2PSi3/c1-25(2,3)22-24(20-16-12-10-13-17-20,21-18-14-11-15-19-21)23(26(4,5)6)27(7,8)9/h10-19H,1-9H3. The molecule has 2 nitrogen and oxygen atoms in total. The lowest BCUT2D eigenvalue weighted by atomic mass is 10.4. The van der Waals surface area contributed by atoms with Gasteiger partial charge in [-0.1, -0.05) is 120 Å². The van der Waals surface area contributed by atoms with E-state index in [2.05, 4.69) is 124 Å². The van der Waals surface area contributed by atoms with Gasteiger partial charge in [0.1, 0.15) is 16.5 Å². The molecule has 0 aliphatic carbocycles. The maximum Gasteiger partial charge on any atom is 0.172 e. The van der Waals surface area contributed by atoms with E-state index in [9.17, 15) is 0 Å². The smallest absolute Gasteiger partial charge is 0.172 e. The molecule has 0 N–H and O–H groups in total. The molecule has 0 unspecified atom stereocenters. The van der Waals surface area contributed by atoms with Gasteiger partial charge in [-0.15, -0.1) is 0 Å². The van der Waals surface area contributed by atoms with Gasteiger partial charge in [-0.25, -0.2) is 0 Å². The Morgan fingerprint density at radius 1 is 0.593 bits per heavy atom. The van der Waals surface area contributed by atoms with Crippen molar-refractivity contribution >= 4 is 42.5 Å². The Hall–Kier alpha value is -0.719. The molecule has 0 aliphatic rings. The predicted octanol–water partition coefficient (Wildman–Crippen LogP) is 6.56. The SMILES string of the molecule is C[Si](C)(C)N=P(c1ccccc1)(c1ccccc1)N([Si](C)(C)C)[Si](C)(C)C. The summed E-state index contributed by atoms with van der Waals surface area (Å²) in [7, 11) is -7.03. The van der Waals surface area contributed by atoms with Crippen LogP contribution < -0.4 is 10.6 Å². The molecule has 0 aliphatic heterocycles. The normalized spacial score (nSPS) is 13.7. The first-order valence-electron chi connectivity index (χ1n) is 9.84. The van der Waals surface area contributed by atoms with Gasteiger partial charge >= 0.3 is 0 Å². The lowest BCUT2D eigenvalue weighted by molar-refractivity contribution is 0.971. The summed E-state index contributed by atoms with van der Waals surface area (Å²) in [6, 6.07) is 22.4. The zero-order valence-corrected chi connectivity index (χ0v) is 22.5. The van der Waals surface area contributed by atoms with Gasteiger partial charge in [-0.05, 0) is 0 Å². The lowest BCUT2D eigenvalue weighted by Gasteiger charge is -2.52. The van der Waals surface area contributed by atoms with Gasteiger partial charge in [0.2, 0.25) is 0 Å². The van der Waals surface area contributed by atoms with Gasteiger partial charge in [-0.3, -0.25) is 0 Å². The summed E-state index contributed by atoms with van der Waals surface area (Å²) >= 11 is 0. The Bertz CT molecular complexity index is 744. The third-order valence-corrected chi connectivity index (χ3v) is 22.3. The molecular weight excluding hydrogens is 395 g/mol. The fourth-order valence-electron chi connectivity index (χ4n) is 4.12. The van der Waals surface area contributed by atoms with E-state index in [0.717, 1.165) is 0 Å². The van der Waals surface area contributed by atoms with E-state index in [1.165, 1.54) is 10.6 Å². The van der Waals surface area contributed by atoms with E-state index >= 15 is 0 Å². The average Bonchev–Trinajstić information content (AvgIpc) is 2.52. The Labute approximate surface area is 170 Å². The minimum absolute atomic E-state index is 1.42. The summed E-state index contributed by atoms with van der Waals surface area (Å²) in [6.45, 7) is 22.2. The van der Waals surface area contributed by atoms with Crippen LogP contribution in [0.2, 0.25) is 58.9 Å². The number of rotatable bonds is 6. The van der Waals surface area contributed by atoms with Crippen molar-refractivity contribution in [1.82, 2.24) is 4.00 Å². The summed E-state index contributed by atoms with van der Waals surface area (Å²) in [5.74, 6) is 0. The lowest BCUT2D eigenvalue weighted by Crippen LogP contribution is -2.59. The summed E-state index contributed by atoms with van der Waals surface area (Å²) in [5.41, 5.74) is 0. The molecule has 0 saturated heterocycles. The topological polar surface area (TPSA) is 15.6 Å². The Balaban J connectivity index is 3.09. The summed E-state index contributed by atoms with van der Waals surface area (Å²) in [6.07, 6.45) is 0. The van der Waals surface area contributed by atoms with Crippen molar-refractivity contribution < 1.29 is 0 Å². The molecule has 27 heavy (non-hydrogen) atoms. The van der Waals surface area contributed by atoms with E-state index in [1.807, 2.05) is 0 Å². The van der Waals surface area contributed by atoms with E-state index in [4.69, 9.17) is 4.41 Å². The zero-order chi connectivity index (χ0) is 20.5. The van der Waals surface area contributed by atoms with Gasteiger partial charge in [-0.2, -0.15) is 0 Å². The van der Waals surface area contributed by atoms with Gasteiger partial charge in [0.25, 0.3) is 0 Å². The minimum Gasteiger partial charge on any atom is -0.318 e. The molecule has 0 spiro atoms. The van der Waals surface area contributed by atoms with Crippen molar-refractivity contribution in [2.24, 2.45) is 4.41 Å². The van der Waals surface area contributed by atoms with Crippen LogP contribution in [0.5, 0.6) is 0 Å². The van der Waals surface area contributed by atoms with Crippen LogP contribution >= 0.6 is 7.21 Å². The van der Waals surface area contributed by atoms with Crippen LogP contribution in [0.1, 0.15) is 0 Å². The van der Waals surface area contributed by atoms with Crippen LogP contribution in [0.4, 0.5) is 0 Å². The zero-order valence-electron chi connectivity index (χ0n) is 18.6. The first kappa shape index (κ1) is 22.6.